The van der Waals surface area contributed by atoms with Crippen LogP contribution in [0, 0.1) is 0 Å². The highest BCUT2D eigenvalue weighted by Crippen LogP contribution is 2.23. The van der Waals surface area contributed by atoms with Gasteiger partial charge in [-0.2, -0.15) is 0 Å². The summed E-state index contributed by atoms with van der Waals surface area (Å²) < 4.78 is 16.8. The molecule has 0 unspecified atom stereocenters. The predicted octanol–water partition coefficient (Wildman–Crippen LogP) is 4.73. The Labute approximate surface area is 183 Å². The minimum atomic E-state index is -0.151. The van der Waals surface area contributed by atoms with Crippen molar-refractivity contribution in [2.75, 3.05) is 37.0 Å². The third-order valence-electron chi connectivity index (χ3n) is 4.40. The molecule has 6 nitrogen and oxygen atoms in total. The van der Waals surface area contributed by atoms with E-state index in [4.69, 9.17) is 14.2 Å². The minimum Gasteiger partial charge on any atom is -0.489 e. The molecule has 31 heavy (non-hydrogen) atoms. The first-order valence-corrected chi connectivity index (χ1v) is 10.3. The molecule has 162 valence electrons. The Morgan fingerprint density at radius 2 is 1.58 bits per heavy atom. The van der Waals surface area contributed by atoms with Crippen molar-refractivity contribution in [1.29, 1.82) is 0 Å². The molecule has 0 spiro atoms. The Morgan fingerprint density at radius 1 is 0.839 bits per heavy atom. The second-order valence-corrected chi connectivity index (χ2v) is 6.74. The van der Waals surface area contributed by atoms with Gasteiger partial charge in [-0.1, -0.05) is 42.5 Å². The average Bonchev–Trinajstić information content (AvgIpc) is 2.81. The summed E-state index contributed by atoms with van der Waals surface area (Å²) in [6, 6.07) is 24.8. The van der Waals surface area contributed by atoms with Crippen LogP contribution in [0.25, 0.3) is 0 Å². The highest BCUT2D eigenvalue weighted by atomic mass is 16.5. The standard InChI is InChI=1S/C25H28N2O4/c1-2-29-16-17-30-24-11-7-6-10-23(24)26-18-25(28)27-21-12-14-22(15-13-21)31-19-20-8-4-3-5-9-20/h3-15,26H,2,16-19H2,1H3,(H,27,28). The van der Waals surface area contributed by atoms with Crippen LogP contribution in [0.3, 0.4) is 0 Å². The number of benzene rings is 3. The van der Waals surface area contributed by atoms with Gasteiger partial charge >= 0.3 is 0 Å². The van der Waals surface area contributed by atoms with Gasteiger partial charge in [0.15, 0.2) is 0 Å². The van der Waals surface area contributed by atoms with Gasteiger partial charge in [-0.05, 0) is 48.9 Å². The summed E-state index contributed by atoms with van der Waals surface area (Å²) in [5, 5.41) is 6.00. The molecule has 0 saturated carbocycles. The maximum absolute atomic E-state index is 12.3. The molecule has 2 N–H and O–H groups in total. The molecular formula is C25H28N2O4. The second kappa shape index (κ2) is 12.2. The quantitative estimate of drug-likeness (QED) is 0.415. The van der Waals surface area contributed by atoms with E-state index < -0.39 is 0 Å². The van der Waals surface area contributed by atoms with Gasteiger partial charge < -0.3 is 24.8 Å². The van der Waals surface area contributed by atoms with Gasteiger partial charge in [0.25, 0.3) is 0 Å². The van der Waals surface area contributed by atoms with Gasteiger partial charge in [-0.25, -0.2) is 0 Å². The molecule has 0 atom stereocenters. The zero-order valence-corrected chi connectivity index (χ0v) is 17.7. The van der Waals surface area contributed by atoms with E-state index in [1.807, 2.05) is 85.8 Å². The lowest BCUT2D eigenvalue weighted by Gasteiger charge is -2.13. The number of carbonyl (C=O) groups excluding carboxylic acids is 1. The van der Waals surface area contributed by atoms with E-state index in [1.54, 1.807) is 0 Å². The van der Waals surface area contributed by atoms with E-state index in [0.29, 0.717) is 37.9 Å². The SMILES string of the molecule is CCOCCOc1ccccc1NCC(=O)Nc1ccc(OCc2ccccc2)cc1. The van der Waals surface area contributed by atoms with Crippen LogP contribution in [0.1, 0.15) is 12.5 Å². The summed E-state index contributed by atoms with van der Waals surface area (Å²) in [4.78, 5) is 12.3. The molecular weight excluding hydrogens is 392 g/mol. The second-order valence-electron chi connectivity index (χ2n) is 6.74. The molecule has 0 aliphatic heterocycles. The van der Waals surface area contributed by atoms with E-state index in [2.05, 4.69) is 10.6 Å². The lowest BCUT2D eigenvalue weighted by molar-refractivity contribution is -0.114. The monoisotopic (exact) mass is 420 g/mol. The van der Waals surface area contributed by atoms with Crippen molar-refractivity contribution in [2.24, 2.45) is 0 Å². The topological polar surface area (TPSA) is 68.8 Å². The van der Waals surface area contributed by atoms with Crippen molar-refractivity contribution in [2.45, 2.75) is 13.5 Å². The average molecular weight is 421 g/mol. The van der Waals surface area contributed by atoms with Crippen LogP contribution in [-0.4, -0.2) is 32.3 Å². The number of hydrogen-bond acceptors (Lipinski definition) is 5. The molecule has 3 aromatic carbocycles. The Balaban J connectivity index is 1.44. The molecule has 0 aliphatic rings. The highest BCUT2D eigenvalue weighted by molar-refractivity contribution is 5.94. The third kappa shape index (κ3) is 7.68. The third-order valence-corrected chi connectivity index (χ3v) is 4.40. The number of rotatable bonds is 12. The molecule has 0 fully saturated rings. The van der Waals surface area contributed by atoms with Crippen molar-refractivity contribution in [1.82, 2.24) is 0 Å². The molecule has 0 bridgehead atoms. The van der Waals surface area contributed by atoms with E-state index in [9.17, 15) is 4.79 Å². The Hall–Kier alpha value is -3.51. The van der Waals surface area contributed by atoms with Gasteiger partial charge in [-0.3, -0.25) is 4.79 Å². The lowest BCUT2D eigenvalue weighted by atomic mass is 10.2. The van der Waals surface area contributed by atoms with Crippen molar-refractivity contribution < 1.29 is 19.0 Å². The summed E-state index contributed by atoms with van der Waals surface area (Å²) in [6.45, 7) is 4.21. The molecule has 0 aliphatic carbocycles. The molecule has 6 heteroatoms. The maximum Gasteiger partial charge on any atom is 0.243 e. The number of hydrogen-bond donors (Lipinski definition) is 2. The first-order valence-electron chi connectivity index (χ1n) is 10.3. The number of nitrogens with one attached hydrogen (secondary N) is 2. The van der Waals surface area contributed by atoms with E-state index in [0.717, 1.165) is 17.0 Å². The zero-order valence-electron chi connectivity index (χ0n) is 17.7. The number of para-hydroxylation sites is 2. The van der Waals surface area contributed by atoms with Crippen LogP contribution in [0.4, 0.5) is 11.4 Å². The Kier molecular flexibility index (Phi) is 8.76. The van der Waals surface area contributed by atoms with Crippen LogP contribution in [0.5, 0.6) is 11.5 Å². The number of anilines is 2. The first kappa shape index (κ1) is 22.2. The zero-order chi connectivity index (χ0) is 21.7. The first-order chi connectivity index (χ1) is 15.2. The molecule has 3 aromatic rings. The summed E-state index contributed by atoms with van der Waals surface area (Å²) in [5.41, 5.74) is 2.58. The summed E-state index contributed by atoms with van der Waals surface area (Å²) in [5.74, 6) is 1.29. The van der Waals surface area contributed by atoms with Gasteiger partial charge in [0, 0.05) is 12.3 Å². The van der Waals surface area contributed by atoms with Gasteiger partial charge in [0.1, 0.15) is 24.7 Å². The minimum absolute atomic E-state index is 0.123. The fourth-order valence-electron chi connectivity index (χ4n) is 2.85. The molecule has 0 radical (unpaired) electrons. The van der Waals surface area contributed by atoms with E-state index >= 15 is 0 Å². The normalized spacial score (nSPS) is 10.4. The fourth-order valence-corrected chi connectivity index (χ4v) is 2.85. The number of carbonyl (C=O) groups is 1. The van der Waals surface area contributed by atoms with Crippen LogP contribution in [-0.2, 0) is 16.1 Å². The molecule has 3 rings (SSSR count). The van der Waals surface area contributed by atoms with Crippen molar-refractivity contribution in [3.05, 3.63) is 84.4 Å². The van der Waals surface area contributed by atoms with Crippen molar-refractivity contribution in [3.63, 3.8) is 0 Å². The molecule has 1 amide bonds. The largest absolute Gasteiger partial charge is 0.489 e. The number of ether oxygens (including phenoxy) is 3. The van der Waals surface area contributed by atoms with Crippen molar-refractivity contribution in [3.8, 4) is 11.5 Å². The van der Waals surface area contributed by atoms with Crippen LogP contribution in [0.15, 0.2) is 78.9 Å². The highest BCUT2D eigenvalue weighted by Gasteiger charge is 2.07. The summed E-state index contributed by atoms with van der Waals surface area (Å²) >= 11 is 0. The molecule has 0 heterocycles. The summed E-state index contributed by atoms with van der Waals surface area (Å²) in [7, 11) is 0. The fraction of sp³-hybridized carbons (Fsp3) is 0.240. The Bertz CT molecular complexity index is 930. The van der Waals surface area contributed by atoms with E-state index in [-0.39, 0.29) is 12.5 Å². The van der Waals surface area contributed by atoms with E-state index in [1.165, 1.54) is 0 Å². The Morgan fingerprint density at radius 3 is 2.35 bits per heavy atom. The van der Waals surface area contributed by atoms with Crippen LogP contribution >= 0.6 is 0 Å². The number of amides is 1. The van der Waals surface area contributed by atoms with Crippen molar-refractivity contribution >= 4 is 17.3 Å². The molecule has 0 aromatic heterocycles. The van der Waals surface area contributed by atoms with Crippen LogP contribution in [0.2, 0.25) is 0 Å². The molecule has 0 saturated heterocycles. The van der Waals surface area contributed by atoms with Gasteiger partial charge in [-0.15, -0.1) is 0 Å². The van der Waals surface area contributed by atoms with Crippen LogP contribution < -0.4 is 20.1 Å². The maximum atomic E-state index is 12.3. The van der Waals surface area contributed by atoms with Gasteiger partial charge in [0.05, 0.1) is 18.8 Å². The predicted molar refractivity (Wildman–Crippen MR) is 123 cm³/mol. The van der Waals surface area contributed by atoms with Gasteiger partial charge in [0.2, 0.25) is 5.91 Å². The lowest BCUT2D eigenvalue weighted by Crippen LogP contribution is -2.22. The summed E-state index contributed by atoms with van der Waals surface area (Å²) in [6.07, 6.45) is 0. The smallest absolute Gasteiger partial charge is 0.243 e.